The Hall–Kier alpha value is -3.18. The fraction of sp³-hybridized carbons (Fsp3) is 0.130. The predicted octanol–water partition coefficient (Wildman–Crippen LogP) is 4.74. The van der Waals surface area contributed by atoms with Gasteiger partial charge in [-0.15, -0.1) is 0 Å². The minimum Gasteiger partial charge on any atom is -0.493 e. The summed E-state index contributed by atoms with van der Waals surface area (Å²) in [5.41, 5.74) is 3.65. The second kappa shape index (κ2) is 9.67. The van der Waals surface area contributed by atoms with E-state index in [4.69, 9.17) is 17.0 Å². The third-order valence-corrected chi connectivity index (χ3v) is 4.31. The SMILES string of the molecule is Cc1cccc(NC(=S)NC(=O)c2cccc(OCCc3ccccc3)c2)c1. The summed E-state index contributed by atoms with van der Waals surface area (Å²) in [4.78, 5) is 12.5. The lowest BCUT2D eigenvalue weighted by molar-refractivity contribution is 0.0977. The van der Waals surface area contributed by atoms with Crippen molar-refractivity contribution in [1.29, 1.82) is 0 Å². The molecule has 0 fully saturated rings. The highest BCUT2D eigenvalue weighted by molar-refractivity contribution is 7.80. The standard InChI is InChI=1S/C23H22N2O2S/c1-17-7-5-11-20(15-17)24-23(28)25-22(26)19-10-6-12-21(16-19)27-14-13-18-8-3-2-4-9-18/h2-12,15-16H,13-14H2,1H3,(H2,24,25,26,28). The van der Waals surface area contributed by atoms with Crippen LogP contribution < -0.4 is 15.4 Å². The summed E-state index contributed by atoms with van der Waals surface area (Å²) in [5, 5.41) is 5.97. The Morgan fingerprint density at radius 3 is 2.54 bits per heavy atom. The van der Waals surface area contributed by atoms with Crippen LogP contribution in [-0.4, -0.2) is 17.6 Å². The molecule has 0 aliphatic rings. The first-order valence-corrected chi connectivity index (χ1v) is 9.47. The van der Waals surface area contributed by atoms with Crippen LogP contribution in [0.15, 0.2) is 78.9 Å². The van der Waals surface area contributed by atoms with Crippen LogP contribution >= 0.6 is 12.2 Å². The summed E-state index contributed by atoms with van der Waals surface area (Å²) in [6.07, 6.45) is 0.807. The van der Waals surface area contributed by atoms with Crippen molar-refractivity contribution in [2.45, 2.75) is 13.3 Å². The van der Waals surface area contributed by atoms with E-state index in [1.807, 2.05) is 55.5 Å². The minimum atomic E-state index is -0.279. The summed E-state index contributed by atoms with van der Waals surface area (Å²) >= 11 is 5.24. The van der Waals surface area contributed by atoms with Gasteiger partial charge in [-0.05, 0) is 60.6 Å². The molecular weight excluding hydrogens is 368 g/mol. The number of aryl methyl sites for hydroxylation is 1. The van der Waals surface area contributed by atoms with E-state index in [0.29, 0.717) is 17.9 Å². The van der Waals surface area contributed by atoms with E-state index in [1.165, 1.54) is 5.56 Å². The first kappa shape index (κ1) is 19.6. The van der Waals surface area contributed by atoms with Gasteiger partial charge in [0, 0.05) is 17.7 Å². The highest BCUT2D eigenvalue weighted by Crippen LogP contribution is 2.14. The molecule has 2 N–H and O–H groups in total. The Morgan fingerprint density at radius 2 is 1.75 bits per heavy atom. The van der Waals surface area contributed by atoms with Crippen molar-refractivity contribution in [3.8, 4) is 5.75 Å². The normalized spacial score (nSPS) is 10.2. The van der Waals surface area contributed by atoms with E-state index >= 15 is 0 Å². The van der Waals surface area contributed by atoms with E-state index in [1.54, 1.807) is 18.2 Å². The molecule has 0 saturated heterocycles. The fourth-order valence-electron chi connectivity index (χ4n) is 2.72. The zero-order valence-corrected chi connectivity index (χ0v) is 16.5. The molecule has 0 saturated carbocycles. The Bertz CT molecular complexity index is 958. The Labute approximate surface area is 170 Å². The first-order valence-electron chi connectivity index (χ1n) is 9.06. The van der Waals surface area contributed by atoms with Crippen molar-refractivity contribution in [3.63, 3.8) is 0 Å². The molecule has 0 unspecified atom stereocenters. The number of hydrogen-bond acceptors (Lipinski definition) is 3. The molecule has 0 bridgehead atoms. The predicted molar refractivity (Wildman–Crippen MR) is 117 cm³/mol. The molecule has 4 nitrogen and oxygen atoms in total. The summed E-state index contributed by atoms with van der Waals surface area (Å²) in [6, 6.07) is 25.0. The van der Waals surface area contributed by atoms with E-state index in [-0.39, 0.29) is 11.0 Å². The van der Waals surface area contributed by atoms with Crippen LogP contribution in [0.2, 0.25) is 0 Å². The number of nitrogens with one attached hydrogen (secondary N) is 2. The topological polar surface area (TPSA) is 50.4 Å². The smallest absolute Gasteiger partial charge is 0.257 e. The molecule has 142 valence electrons. The molecule has 0 atom stereocenters. The minimum absolute atomic E-state index is 0.256. The summed E-state index contributed by atoms with van der Waals surface area (Å²) in [7, 11) is 0. The number of benzene rings is 3. The quantitative estimate of drug-likeness (QED) is 0.597. The van der Waals surface area contributed by atoms with Gasteiger partial charge < -0.3 is 10.1 Å². The van der Waals surface area contributed by atoms with Crippen LogP contribution in [0.5, 0.6) is 5.75 Å². The van der Waals surface area contributed by atoms with Crippen LogP contribution in [0.4, 0.5) is 5.69 Å². The lowest BCUT2D eigenvalue weighted by Crippen LogP contribution is -2.34. The lowest BCUT2D eigenvalue weighted by atomic mass is 10.2. The molecule has 0 aliphatic heterocycles. The molecule has 0 aromatic heterocycles. The number of rotatable bonds is 6. The maximum atomic E-state index is 12.5. The van der Waals surface area contributed by atoms with Crippen LogP contribution in [-0.2, 0) is 6.42 Å². The molecule has 3 rings (SSSR count). The molecule has 0 spiro atoms. The monoisotopic (exact) mass is 390 g/mol. The second-order valence-electron chi connectivity index (χ2n) is 6.39. The highest BCUT2D eigenvalue weighted by atomic mass is 32.1. The number of carbonyl (C=O) groups excluding carboxylic acids is 1. The molecule has 3 aromatic rings. The van der Waals surface area contributed by atoms with Gasteiger partial charge in [0.25, 0.3) is 5.91 Å². The van der Waals surface area contributed by atoms with Gasteiger partial charge >= 0.3 is 0 Å². The van der Waals surface area contributed by atoms with Gasteiger partial charge in [-0.2, -0.15) is 0 Å². The maximum Gasteiger partial charge on any atom is 0.257 e. The largest absolute Gasteiger partial charge is 0.493 e. The number of amides is 1. The molecule has 28 heavy (non-hydrogen) atoms. The first-order chi connectivity index (χ1) is 13.6. The maximum absolute atomic E-state index is 12.5. The van der Waals surface area contributed by atoms with Crippen LogP contribution in [0.25, 0.3) is 0 Å². The summed E-state index contributed by atoms with van der Waals surface area (Å²) in [5.74, 6) is 0.375. The third-order valence-electron chi connectivity index (χ3n) is 4.10. The van der Waals surface area contributed by atoms with Crippen molar-refractivity contribution < 1.29 is 9.53 Å². The number of anilines is 1. The summed E-state index contributed by atoms with van der Waals surface area (Å²) in [6.45, 7) is 2.54. The van der Waals surface area contributed by atoms with Crippen LogP contribution in [0.3, 0.4) is 0 Å². The fourth-order valence-corrected chi connectivity index (χ4v) is 2.93. The number of carbonyl (C=O) groups is 1. The Morgan fingerprint density at radius 1 is 0.964 bits per heavy atom. The van der Waals surface area contributed by atoms with Gasteiger partial charge in [-0.3, -0.25) is 10.1 Å². The van der Waals surface area contributed by atoms with Gasteiger partial charge in [0.1, 0.15) is 5.75 Å². The molecule has 3 aromatic carbocycles. The Balaban J connectivity index is 1.53. The molecule has 5 heteroatoms. The van der Waals surface area contributed by atoms with Crippen molar-refractivity contribution in [2.75, 3.05) is 11.9 Å². The second-order valence-corrected chi connectivity index (χ2v) is 6.80. The number of hydrogen-bond donors (Lipinski definition) is 2. The van der Waals surface area contributed by atoms with Gasteiger partial charge in [0.15, 0.2) is 5.11 Å². The highest BCUT2D eigenvalue weighted by Gasteiger charge is 2.09. The van der Waals surface area contributed by atoms with Crippen molar-refractivity contribution in [3.05, 3.63) is 95.6 Å². The molecule has 0 aliphatic carbocycles. The third kappa shape index (κ3) is 5.93. The van der Waals surface area contributed by atoms with Crippen LogP contribution in [0.1, 0.15) is 21.5 Å². The van der Waals surface area contributed by atoms with Crippen molar-refractivity contribution >= 4 is 28.9 Å². The van der Waals surface area contributed by atoms with Gasteiger partial charge in [0.2, 0.25) is 0 Å². The van der Waals surface area contributed by atoms with E-state index in [0.717, 1.165) is 17.7 Å². The molecule has 0 radical (unpaired) electrons. The molecule has 1 amide bonds. The number of ether oxygens (including phenoxy) is 1. The molecule has 0 heterocycles. The van der Waals surface area contributed by atoms with E-state index in [9.17, 15) is 4.79 Å². The average Bonchev–Trinajstić information content (AvgIpc) is 2.69. The molecular formula is C23H22N2O2S. The van der Waals surface area contributed by atoms with Crippen molar-refractivity contribution in [2.24, 2.45) is 0 Å². The van der Waals surface area contributed by atoms with Crippen LogP contribution in [0, 0.1) is 6.92 Å². The zero-order chi connectivity index (χ0) is 19.8. The van der Waals surface area contributed by atoms with Gasteiger partial charge in [-0.1, -0.05) is 48.5 Å². The zero-order valence-electron chi connectivity index (χ0n) is 15.6. The van der Waals surface area contributed by atoms with Gasteiger partial charge in [0.05, 0.1) is 6.61 Å². The summed E-state index contributed by atoms with van der Waals surface area (Å²) < 4.78 is 5.79. The van der Waals surface area contributed by atoms with Gasteiger partial charge in [-0.25, -0.2) is 0 Å². The average molecular weight is 391 g/mol. The van der Waals surface area contributed by atoms with Crippen molar-refractivity contribution in [1.82, 2.24) is 5.32 Å². The van der Waals surface area contributed by atoms with E-state index < -0.39 is 0 Å². The lowest BCUT2D eigenvalue weighted by Gasteiger charge is -2.11. The Kier molecular flexibility index (Phi) is 6.76. The van der Waals surface area contributed by atoms with E-state index in [2.05, 4.69) is 22.8 Å². The number of thiocarbonyl (C=S) groups is 1.